The summed E-state index contributed by atoms with van der Waals surface area (Å²) in [5.41, 5.74) is 3.40. The van der Waals surface area contributed by atoms with Crippen LogP contribution in [0.3, 0.4) is 0 Å². The van der Waals surface area contributed by atoms with Crippen molar-refractivity contribution in [3.63, 3.8) is 0 Å². The molecule has 3 rings (SSSR count). The van der Waals surface area contributed by atoms with E-state index in [1.165, 1.54) is 6.08 Å². The van der Waals surface area contributed by atoms with E-state index in [2.05, 4.69) is 6.58 Å². The highest BCUT2D eigenvalue weighted by atomic mass is 16.5. The first-order valence-corrected chi connectivity index (χ1v) is 9.10. The SMILES string of the molecule is C=CCOC(=O)c1c(-c2ccccc2)ccc(C/C=C/c2ccccc2)c1O. The summed E-state index contributed by atoms with van der Waals surface area (Å²) in [4.78, 5) is 12.6. The lowest BCUT2D eigenvalue weighted by atomic mass is 9.95. The normalized spacial score (nSPS) is 10.7. The summed E-state index contributed by atoms with van der Waals surface area (Å²) in [6.07, 6.45) is 5.95. The van der Waals surface area contributed by atoms with E-state index in [1.54, 1.807) is 0 Å². The lowest BCUT2D eigenvalue weighted by molar-refractivity contribution is 0.0547. The smallest absolute Gasteiger partial charge is 0.342 e. The standard InChI is InChI=1S/C25H22O3/c1-2-18-28-25(27)23-22(20-13-7-4-8-14-20)17-16-21(24(23)26)15-9-12-19-10-5-3-6-11-19/h2-14,16-17,26H,1,15,18H2/b12-9+. The number of esters is 1. The molecule has 0 aliphatic carbocycles. The van der Waals surface area contributed by atoms with Crippen LogP contribution in [0.25, 0.3) is 17.2 Å². The second-order valence-electron chi connectivity index (χ2n) is 6.27. The minimum Gasteiger partial charge on any atom is -0.507 e. The Labute approximate surface area is 165 Å². The summed E-state index contributed by atoms with van der Waals surface area (Å²) in [7, 11) is 0. The van der Waals surface area contributed by atoms with E-state index < -0.39 is 5.97 Å². The molecule has 3 aromatic rings. The molecule has 0 amide bonds. The van der Waals surface area contributed by atoms with Gasteiger partial charge in [0.15, 0.2) is 0 Å². The van der Waals surface area contributed by atoms with Crippen molar-refractivity contribution in [2.75, 3.05) is 6.61 Å². The molecule has 3 aromatic carbocycles. The van der Waals surface area contributed by atoms with Crippen LogP contribution >= 0.6 is 0 Å². The first-order valence-electron chi connectivity index (χ1n) is 9.10. The molecule has 0 bridgehead atoms. The van der Waals surface area contributed by atoms with E-state index in [0.717, 1.165) is 11.1 Å². The van der Waals surface area contributed by atoms with Gasteiger partial charge in [-0.05, 0) is 28.7 Å². The lowest BCUT2D eigenvalue weighted by Gasteiger charge is -2.14. The maximum absolute atomic E-state index is 12.6. The van der Waals surface area contributed by atoms with Crippen molar-refractivity contribution < 1.29 is 14.6 Å². The molecular weight excluding hydrogens is 348 g/mol. The molecule has 0 aromatic heterocycles. The second-order valence-corrected chi connectivity index (χ2v) is 6.27. The van der Waals surface area contributed by atoms with Gasteiger partial charge in [-0.15, -0.1) is 0 Å². The molecule has 1 N–H and O–H groups in total. The second kappa shape index (κ2) is 9.38. The molecule has 0 heterocycles. The minimum atomic E-state index is -0.565. The number of hydrogen-bond donors (Lipinski definition) is 1. The third kappa shape index (κ3) is 4.57. The molecular formula is C25H22O3. The van der Waals surface area contributed by atoms with Crippen LogP contribution in [0.2, 0.25) is 0 Å². The number of allylic oxidation sites excluding steroid dienone is 1. The van der Waals surface area contributed by atoms with Crippen molar-refractivity contribution >= 4 is 12.0 Å². The highest BCUT2D eigenvalue weighted by Gasteiger charge is 2.21. The molecule has 28 heavy (non-hydrogen) atoms. The zero-order valence-electron chi connectivity index (χ0n) is 15.5. The first kappa shape index (κ1) is 19.2. The van der Waals surface area contributed by atoms with Crippen molar-refractivity contribution in [2.24, 2.45) is 0 Å². The van der Waals surface area contributed by atoms with Crippen LogP contribution < -0.4 is 0 Å². The number of phenolic OH excluding ortho intramolecular Hbond substituents is 1. The molecule has 0 unspecified atom stereocenters. The van der Waals surface area contributed by atoms with Gasteiger partial charge in [0.05, 0.1) is 0 Å². The van der Waals surface area contributed by atoms with Gasteiger partial charge < -0.3 is 9.84 Å². The van der Waals surface area contributed by atoms with Gasteiger partial charge in [0, 0.05) is 0 Å². The first-order chi connectivity index (χ1) is 13.7. The Kier molecular flexibility index (Phi) is 6.42. The molecule has 0 radical (unpaired) electrons. The van der Waals surface area contributed by atoms with Crippen LogP contribution in [0.15, 0.2) is 91.5 Å². The van der Waals surface area contributed by atoms with Gasteiger partial charge in [0.1, 0.15) is 17.9 Å². The monoisotopic (exact) mass is 370 g/mol. The minimum absolute atomic E-state index is 0.0480. The highest BCUT2D eigenvalue weighted by molar-refractivity contribution is 6.00. The topological polar surface area (TPSA) is 46.5 Å². The molecule has 0 saturated carbocycles. The summed E-state index contributed by atoms with van der Waals surface area (Å²) in [5, 5.41) is 10.8. The maximum atomic E-state index is 12.6. The largest absolute Gasteiger partial charge is 0.507 e. The third-order valence-corrected chi connectivity index (χ3v) is 4.33. The van der Waals surface area contributed by atoms with Gasteiger partial charge >= 0.3 is 5.97 Å². The molecule has 0 fully saturated rings. The van der Waals surface area contributed by atoms with Gasteiger partial charge in [0.25, 0.3) is 0 Å². The fourth-order valence-electron chi connectivity index (χ4n) is 2.96. The molecule has 0 atom stereocenters. The quantitative estimate of drug-likeness (QED) is 0.431. The van der Waals surface area contributed by atoms with E-state index in [0.29, 0.717) is 17.5 Å². The van der Waals surface area contributed by atoms with Gasteiger partial charge in [0.2, 0.25) is 0 Å². The number of rotatable bonds is 7. The zero-order chi connectivity index (χ0) is 19.8. The van der Waals surface area contributed by atoms with Crippen molar-refractivity contribution in [3.8, 4) is 16.9 Å². The molecule has 140 valence electrons. The van der Waals surface area contributed by atoms with Gasteiger partial charge in [-0.2, -0.15) is 0 Å². The van der Waals surface area contributed by atoms with E-state index in [-0.39, 0.29) is 17.9 Å². The van der Waals surface area contributed by atoms with Gasteiger partial charge in [-0.25, -0.2) is 4.79 Å². The predicted molar refractivity (Wildman–Crippen MR) is 113 cm³/mol. The molecule has 3 nitrogen and oxygen atoms in total. The van der Waals surface area contributed by atoms with Crippen molar-refractivity contribution in [3.05, 3.63) is 108 Å². The number of carbonyl (C=O) groups excluding carboxylic acids is 1. The Balaban J connectivity index is 1.95. The van der Waals surface area contributed by atoms with E-state index in [1.807, 2.05) is 84.9 Å². The lowest BCUT2D eigenvalue weighted by Crippen LogP contribution is -2.08. The summed E-state index contributed by atoms with van der Waals surface area (Å²) in [5.74, 6) is -0.613. The molecule has 0 spiro atoms. The number of phenols is 1. The van der Waals surface area contributed by atoms with Crippen molar-refractivity contribution in [1.82, 2.24) is 0 Å². The molecule has 0 aliphatic rings. The Morgan fingerprint density at radius 3 is 2.32 bits per heavy atom. The van der Waals surface area contributed by atoms with Crippen LogP contribution in [-0.2, 0) is 11.2 Å². The van der Waals surface area contributed by atoms with Crippen LogP contribution in [0, 0.1) is 0 Å². The number of benzene rings is 3. The Bertz CT molecular complexity index is 973. The third-order valence-electron chi connectivity index (χ3n) is 4.33. The Morgan fingerprint density at radius 2 is 1.64 bits per heavy atom. The summed E-state index contributed by atoms with van der Waals surface area (Å²) < 4.78 is 5.21. The van der Waals surface area contributed by atoms with Crippen molar-refractivity contribution in [2.45, 2.75) is 6.42 Å². The molecule has 0 saturated heterocycles. The van der Waals surface area contributed by atoms with Crippen LogP contribution in [0.1, 0.15) is 21.5 Å². The van der Waals surface area contributed by atoms with E-state index >= 15 is 0 Å². The Morgan fingerprint density at radius 1 is 0.964 bits per heavy atom. The molecule has 0 aliphatic heterocycles. The number of ether oxygens (including phenoxy) is 1. The highest BCUT2D eigenvalue weighted by Crippen LogP contribution is 2.34. The van der Waals surface area contributed by atoms with E-state index in [9.17, 15) is 9.90 Å². The predicted octanol–water partition coefficient (Wildman–Crippen LogP) is 5.66. The van der Waals surface area contributed by atoms with E-state index in [4.69, 9.17) is 4.74 Å². The zero-order valence-corrected chi connectivity index (χ0v) is 15.5. The Hall–Kier alpha value is -3.59. The summed E-state index contributed by atoms with van der Waals surface area (Å²) in [6, 6.07) is 23.1. The van der Waals surface area contributed by atoms with Crippen molar-refractivity contribution in [1.29, 1.82) is 0 Å². The molecule has 3 heteroatoms. The van der Waals surface area contributed by atoms with Crippen LogP contribution in [-0.4, -0.2) is 17.7 Å². The average Bonchev–Trinajstić information content (AvgIpc) is 2.74. The summed E-state index contributed by atoms with van der Waals surface area (Å²) >= 11 is 0. The van der Waals surface area contributed by atoms with Gasteiger partial charge in [-0.3, -0.25) is 0 Å². The van der Waals surface area contributed by atoms with Crippen LogP contribution in [0.5, 0.6) is 5.75 Å². The fourth-order valence-corrected chi connectivity index (χ4v) is 2.96. The maximum Gasteiger partial charge on any atom is 0.342 e. The van der Waals surface area contributed by atoms with Crippen LogP contribution in [0.4, 0.5) is 0 Å². The fraction of sp³-hybridized carbons (Fsp3) is 0.0800. The number of hydrogen-bond acceptors (Lipinski definition) is 3. The van der Waals surface area contributed by atoms with Gasteiger partial charge in [-0.1, -0.05) is 97.6 Å². The number of aromatic hydroxyl groups is 1. The number of carbonyl (C=O) groups is 1. The average molecular weight is 370 g/mol. The summed E-state index contributed by atoms with van der Waals surface area (Å²) in [6.45, 7) is 3.66.